The Labute approximate surface area is 99.0 Å². The number of ether oxygens (including phenoxy) is 1. The van der Waals surface area contributed by atoms with E-state index in [9.17, 15) is 4.79 Å². The van der Waals surface area contributed by atoms with Crippen LogP contribution in [0.15, 0.2) is 24.4 Å². The number of cyclic esters (lactones) is 1. The summed E-state index contributed by atoms with van der Waals surface area (Å²) in [4.78, 5) is 14.2. The van der Waals surface area contributed by atoms with E-state index in [0.29, 0.717) is 6.61 Å². The van der Waals surface area contributed by atoms with Crippen molar-refractivity contribution < 1.29 is 9.53 Å². The molecule has 2 aromatic rings. The number of alkyl carbamates (subject to hydrolysis) is 1. The smallest absolute Gasteiger partial charge is 0.407 e. The lowest BCUT2D eigenvalue weighted by Crippen LogP contribution is -2.28. The van der Waals surface area contributed by atoms with Gasteiger partial charge in [0.05, 0.1) is 6.04 Å². The second-order valence-corrected chi connectivity index (χ2v) is 4.50. The van der Waals surface area contributed by atoms with Gasteiger partial charge in [-0.3, -0.25) is 0 Å². The van der Waals surface area contributed by atoms with Crippen LogP contribution in [0.4, 0.5) is 4.79 Å². The van der Waals surface area contributed by atoms with E-state index in [-0.39, 0.29) is 12.1 Å². The number of hydrogen-bond acceptors (Lipinski definition) is 2. The number of amides is 1. The van der Waals surface area contributed by atoms with Gasteiger partial charge >= 0.3 is 6.09 Å². The van der Waals surface area contributed by atoms with E-state index < -0.39 is 0 Å². The molecule has 1 atom stereocenters. The van der Waals surface area contributed by atoms with Gasteiger partial charge in [-0.25, -0.2) is 4.79 Å². The maximum atomic E-state index is 10.9. The average Bonchev–Trinajstić information content (AvgIpc) is 2.87. The van der Waals surface area contributed by atoms with Gasteiger partial charge in [0.15, 0.2) is 0 Å². The molecule has 1 aromatic carbocycles. The van der Waals surface area contributed by atoms with Crippen molar-refractivity contribution in [3.8, 4) is 0 Å². The number of benzene rings is 1. The van der Waals surface area contributed by atoms with Gasteiger partial charge in [0.1, 0.15) is 6.61 Å². The fraction of sp³-hybridized carbons (Fsp3) is 0.308. The highest BCUT2D eigenvalue weighted by Gasteiger charge is 2.22. The molecule has 2 N–H and O–H groups in total. The van der Waals surface area contributed by atoms with Crippen molar-refractivity contribution in [3.05, 3.63) is 35.5 Å². The van der Waals surface area contributed by atoms with Gasteiger partial charge < -0.3 is 15.0 Å². The number of carbonyl (C=O) groups excluding carboxylic acids is 1. The summed E-state index contributed by atoms with van der Waals surface area (Å²) in [5, 5.41) is 4.03. The molecule has 3 rings (SSSR count). The molecule has 0 saturated carbocycles. The molecule has 1 fully saturated rings. The van der Waals surface area contributed by atoms with Crippen LogP contribution in [-0.4, -0.2) is 23.7 Å². The van der Waals surface area contributed by atoms with Crippen molar-refractivity contribution >= 4 is 17.0 Å². The predicted octanol–water partition coefficient (Wildman–Crippen LogP) is 2.13. The molecule has 0 spiro atoms. The number of aromatic nitrogens is 1. The fourth-order valence-electron chi connectivity index (χ4n) is 2.26. The monoisotopic (exact) mass is 230 g/mol. The van der Waals surface area contributed by atoms with Gasteiger partial charge in [0.25, 0.3) is 0 Å². The van der Waals surface area contributed by atoms with Crippen molar-refractivity contribution in [1.29, 1.82) is 0 Å². The van der Waals surface area contributed by atoms with Gasteiger partial charge in [-0.1, -0.05) is 6.07 Å². The van der Waals surface area contributed by atoms with Gasteiger partial charge in [-0.05, 0) is 36.6 Å². The SMILES string of the molecule is Cc1c[nH]c2ccc(CC3COC(=O)N3)cc12. The zero-order valence-corrected chi connectivity index (χ0v) is 9.62. The number of carbonyl (C=O) groups is 1. The van der Waals surface area contributed by atoms with E-state index in [4.69, 9.17) is 4.74 Å². The number of rotatable bonds is 2. The summed E-state index contributed by atoms with van der Waals surface area (Å²) in [6, 6.07) is 6.43. The fourth-order valence-corrected chi connectivity index (χ4v) is 2.26. The van der Waals surface area contributed by atoms with Gasteiger partial charge in [0.2, 0.25) is 0 Å². The summed E-state index contributed by atoms with van der Waals surface area (Å²) >= 11 is 0. The molecule has 1 saturated heterocycles. The molecular formula is C13H14N2O2. The molecule has 88 valence electrons. The number of aryl methyl sites for hydroxylation is 1. The lowest BCUT2D eigenvalue weighted by Gasteiger charge is -2.07. The van der Waals surface area contributed by atoms with Crippen LogP contribution >= 0.6 is 0 Å². The van der Waals surface area contributed by atoms with Crippen molar-refractivity contribution in [1.82, 2.24) is 10.3 Å². The van der Waals surface area contributed by atoms with Crippen LogP contribution in [0.3, 0.4) is 0 Å². The molecule has 1 aromatic heterocycles. The maximum absolute atomic E-state index is 10.9. The Bertz CT molecular complexity index is 574. The number of H-pyrrole nitrogens is 1. The second-order valence-electron chi connectivity index (χ2n) is 4.50. The molecule has 4 nitrogen and oxygen atoms in total. The summed E-state index contributed by atoms with van der Waals surface area (Å²) < 4.78 is 4.88. The van der Waals surface area contributed by atoms with Crippen LogP contribution in [0.2, 0.25) is 0 Å². The molecule has 0 radical (unpaired) electrons. The Kier molecular flexibility index (Phi) is 2.28. The maximum Gasteiger partial charge on any atom is 0.407 e. The van der Waals surface area contributed by atoms with Crippen molar-refractivity contribution in [3.63, 3.8) is 0 Å². The van der Waals surface area contributed by atoms with Crippen LogP contribution in [-0.2, 0) is 11.2 Å². The average molecular weight is 230 g/mol. The largest absolute Gasteiger partial charge is 0.447 e. The number of nitrogens with one attached hydrogen (secondary N) is 2. The Morgan fingerprint density at radius 2 is 2.35 bits per heavy atom. The molecule has 0 bridgehead atoms. The highest BCUT2D eigenvalue weighted by atomic mass is 16.6. The predicted molar refractivity (Wildman–Crippen MR) is 65.0 cm³/mol. The lowest BCUT2D eigenvalue weighted by molar-refractivity contribution is 0.177. The second kappa shape index (κ2) is 3.80. The minimum Gasteiger partial charge on any atom is -0.447 e. The molecule has 1 aliphatic rings. The molecule has 1 amide bonds. The highest BCUT2D eigenvalue weighted by Crippen LogP contribution is 2.20. The van der Waals surface area contributed by atoms with Gasteiger partial charge in [-0.2, -0.15) is 0 Å². The zero-order valence-electron chi connectivity index (χ0n) is 9.62. The third-order valence-electron chi connectivity index (χ3n) is 3.17. The Balaban J connectivity index is 1.85. The van der Waals surface area contributed by atoms with Crippen molar-refractivity contribution in [2.75, 3.05) is 6.61 Å². The molecule has 0 aliphatic carbocycles. The molecular weight excluding hydrogens is 216 g/mol. The minimum absolute atomic E-state index is 0.0965. The van der Waals surface area contributed by atoms with E-state index >= 15 is 0 Å². The van der Waals surface area contributed by atoms with E-state index in [1.807, 2.05) is 6.20 Å². The Hall–Kier alpha value is -1.97. The first-order valence-electron chi connectivity index (χ1n) is 5.72. The first kappa shape index (κ1) is 10.2. The summed E-state index contributed by atoms with van der Waals surface area (Å²) in [6.07, 6.45) is 2.51. The summed E-state index contributed by atoms with van der Waals surface area (Å²) in [7, 11) is 0. The molecule has 17 heavy (non-hydrogen) atoms. The normalized spacial score (nSPS) is 19.4. The van der Waals surface area contributed by atoms with Crippen LogP contribution in [0.25, 0.3) is 10.9 Å². The van der Waals surface area contributed by atoms with Crippen LogP contribution < -0.4 is 5.32 Å². The molecule has 1 unspecified atom stereocenters. The van der Waals surface area contributed by atoms with Gasteiger partial charge in [-0.15, -0.1) is 0 Å². The van der Waals surface area contributed by atoms with E-state index in [1.165, 1.54) is 16.5 Å². The molecule has 2 heterocycles. The highest BCUT2D eigenvalue weighted by molar-refractivity contribution is 5.83. The zero-order chi connectivity index (χ0) is 11.8. The summed E-state index contributed by atoms with van der Waals surface area (Å²) in [6.45, 7) is 2.55. The van der Waals surface area contributed by atoms with Crippen LogP contribution in [0.1, 0.15) is 11.1 Å². The molecule has 4 heteroatoms. The van der Waals surface area contributed by atoms with Crippen molar-refractivity contribution in [2.45, 2.75) is 19.4 Å². The Morgan fingerprint density at radius 1 is 1.47 bits per heavy atom. The number of hydrogen-bond donors (Lipinski definition) is 2. The van der Waals surface area contributed by atoms with E-state index in [2.05, 4.69) is 35.4 Å². The number of fused-ring (bicyclic) bond motifs is 1. The third kappa shape index (κ3) is 1.86. The standard InChI is InChI=1S/C13H14N2O2/c1-8-6-14-12-3-2-9(5-11(8)12)4-10-7-17-13(16)15-10/h2-3,5-6,10,14H,4,7H2,1H3,(H,15,16). The van der Waals surface area contributed by atoms with E-state index in [0.717, 1.165) is 11.9 Å². The van der Waals surface area contributed by atoms with Crippen molar-refractivity contribution in [2.24, 2.45) is 0 Å². The molecule has 1 aliphatic heterocycles. The quantitative estimate of drug-likeness (QED) is 0.830. The van der Waals surface area contributed by atoms with E-state index in [1.54, 1.807) is 0 Å². The first-order chi connectivity index (χ1) is 8.22. The summed E-state index contributed by atoms with van der Waals surface area (Å²) in [5.74, 6) is 0. The first-order valence-corrected chi connectivity index (χ1v) is 5.72. The van der Waals surface area contributed by atoms with Crippen LogP contribution in [0, 0.1) is 6.92 Å². The lowest BCUT2D eigenvalue weighted by atomic mass is 10.0. The number of aromatic amines is 1. The topological polar surface area (TPSA) is 54.1 Å². The van der Waals surface area contributed by atoms with Crippen LogP contribution in [0.5, 0.6) is 0 Å². The van der Waals surface area contributed by atoms with Gasteiger partial charge in [0, 0.05) is 17.1 Å². The summed E-state index contributed by atoms with van der Waals surface area (Å²) in [5.41, 5.74) is 3.61. The third-order valence-corrected chi connectivity index (χ3v) is 3.17. The Morgan fingerprint density at radius 3 is 3.12 bits per heavy atom. The minimum atomic E-state index is -0.311.